The lowest BCUT2D eigenvalue weighted by Crippen LogP contribution is -2.12. The van der Waals surface area contributed by atoms with E-state index in [2.05, 4.69) is 26.7 Å². The number of nitrogens with zero attached hydrogens (tertiary/aromatic N) is 1. The summed E-state index contributed by atoms with van der Waals surface area (Å²) in [5.41, 5.74) is 4.71. The minimum absolute atomic E-state index is 0.118. The highest BCUT2D eigenvalue weighted by atomic mass is 16.1. The van der Waals surface area contributed by atoms with Crippen LogP contribution in [0.5, 0.6) is 0 Å². The normalized spacial score (nSPS) is 13.3. The molecule has 4 rings (SSSR count). The number of aromatic nitrogens is 2. The van der Waals surface area contributed by atoms with E-state index in [1.54, 1.807) is 18.5 Å². The Labute approximate surface area is 121 Å². The molecule has 2 aromatic heterocycles. The summed E-state index contributed by atoms with van der Waals surface area (Å²) >= 11 is 0. The van der Waals surface area contributed by atoms with E-state index in [1.807, 2.05) is 18.2 Å². The van der Waals surface area contributed by atoms with Gasteiger partial charge in [0, 0.05) is 36.6 Å². The Balaban J connectivity index is 1.65. The monoisotopic (exact) mass is 278 g/mol. The number of pyridine rings is 1. The van der Waals surface area contributed by atoms with Gasteiger partial charge in [-0.2, -0.15) is 0 Å². The number of carbonyl (C=O) groups excluding carboxylic acids is 1. The highest BCUT2D eigenvalue weighted by molar-refractivity contribution is 6.11. The molecule has 3 heterocycles. The Bertz CT molecular complexity index is 837. The summed E-state index contributed by atoms with van der Waals surface area (Å²) in [7, 11) is 0. The van der Waals surface area contributed by atoms with E-state index in [-0.39, 0.29) is 5.91 Å². The third-order valence-corrected chi connectivity index (χ3v) is 3.80. The van der Waals surface area contributed by atoms with Crippen LogP contribution in [0.2, 0.25) is 0 Å². The first kappa shape index (κ1) is 12.1. The Morgan fingerprint density at radius 2 is 2.05 bits per heavy atom. The molecule has 0 radical (unpaired) electrons. The van der Waals surface area contributed by atoms with Gasteiger partial charge < -0.3 is 15.6 Å². The van der Waals surface area contributed by atoms with E-state index in [0.717, 1.165) is 29.8 Å². The smallest absolute Gasteiger partial charge is 0.256 e. The fraction of sp³-hybridized carbons (Fsp3) is 0.125. The number of hydrogen-bond acceptors (Lipinski definition) is 3. The summed E-state index contributed by atoms with van der Waals surface area (Å²) in [4.78, 5) is 19.7. The number of H-pyrrole nitrogens is 1. The number of carbonyl (C=O) groups is 1. The maximum atomic E-state index is 12.5. The van der Waals surface area contributed by atoms with Crippen LogP contribution < -0.4 is 10.6 Å². The molecule has 0 saturated heterocycles. The number of amides is 1. The van der Waals surface area contributed by atoms with Crippen LogP contribution in [-0.2, 0) is 13.1 Å². The molecule has 1 aromatic carbocycles. The third kappa shape index (κ3) is 2.08. The zero-order valence-electron chi connectivity index (χ0n) is 11.3. The molecule has 0 bridgehead atoms. The van der Waals surface area contributed by atoms with Gasteiger partial charge in [-0.05, 0) is 35.4 Å². The summed E-state index contributed by atoms with van der Waals surface area (Å²) in [6.07, 6.45) is 3.43. The summed E-state index contributed by atoms with van der Waals surface area (Å²) in [5.74, 6) is -0.118. The summed E-state index contributed by atoms with van der Waals surface area (Å²) < 4.78 is 0. The Hall–Kier alpha value is -2.66. The van der Waals surface area contributed by atoms with Crippen molar-refractivity contribution >= 4 is 22.6 Å². The molecule has 5 nitrogen and oxygen atoms in total. The number of anilines is 1. The number of benzene rings is 1. The van der Waals surface area contributed by atoms with E-state index in [4.69, 9.17) is 0 Å². The maximum absolute atomic E-state index is 12.5. The van der Waals surface area contributed by atoms with Gasteiger partial charge in [0.15, 0.2) is 0 Å². The van der Waals surface area contributed by atoms with E-state index >= 15 is 0 Å². The summed E-state index contributed by atoms with van der Waals surface area (Å²) in [5, 5.41) is 7.09. The second-order valence-electron chi connectivity index (χ2n) is 5.14. The van der Waals surface area contributed by atoms with E-state index in [0.29, 0.717) is 5.56 Å². The zero-order chi connectivity index (χ0) is 14.2. The highest BCUT2D eigenvalue weighted by Crippen LogP contribution is 2.21. The lowest BCUT2D eigenvalue weighted by molar-refractivity contribution is 0.102. The van der Waals surface area contributed by atoms with Gasteiger partial charge in [0.05, 0.1) is 5.56 Å². The van der Waals surface area contributed by atoms with E-state index in [1.165, 1.54) is 11.1 Å². The van der Waals surface area contributed by atoms with Gasteiger partial charge in [0.1, 0.15) is 5.65 Å². The van der Waals surface area contributed by atoms with Crippen LogP contribution >= 0.6 is 0 Å². The summed E-state index contributed by atoms with van der Waals surface area (Å²) in [6.45, 7) is 1.76. The zero-order valence-corrected chi connectivity index (χ0v) is 11.3. The predicted octanol–water partition coefficient (Wildman–Crippen LogP) is 2.42. The van der Waals surface area contributed by atoms with E-state index in [9.17, 15) is 4.79 Å². The molecule has 0 unspecified atom stereocenters. The highest BCUT2D eigenvalue weighted by Gasteiger charge is 2.14. The largest absolute Gasteiger partial charge is 0.346 e. The molecule has 0 aliphatic carbocycles. The minimum atomic E-state index is -0.118. The van der Waals surface area contributed by atoms with Crippen molar-refractivity contribution < 1.29 is 4.79 Å². The second-order valence-corrected chi connectivity index (χ2v) is 5.14. The van der Waals surface area contributed by atoms with Crippen molar-refractivity contribution in [2.24, 2.45) is 0 Å². The first-order chi connectivity index (χ1) is 10.3. The van der Waals surface area contributed by atoms with Gasteiger partial charge >= 0.3 is 0 Å². The van der Waals surface area contributed by atoms with Crippen LogP contribution in [0.3, 0.4) is 0 Å². The molecule has 104 valence electrons. The van der Waals surface area contributed by atoms with Crippen LogP contribution in [0.1, 0.15) is 21.5 Å². The number of nitrogens with one attached hydrogen (secondary N) is 3. The third-order valence-electron chi connectivity index (χ3n) is 3.80. The molecule has 21 heavy (non-hydrogen) atoms. The number of fused-ring (bicyclic) bond motifs is 2. The topological polar surface area (TPSA) is 69.8 Å². The Morgan fingerprint density at radius 1 is 1.14 bits per heavy atom. The minimum Gasteiger partial charge on any atom is -0.346 e. The molecule has 1 aliphatic rings. The molecular weight excluding hydrogens is 264 g/mol. The molecule has 1 amide bonds. The molecule has 1 aliphatic heterocycles. The van der Waals surface area contributed by atoms with Crippen LogP contribution in [-0.4, -0.2) is 15.9 Å². The maximum Gasteiger partial charge on any atom is 0.256 e. The predicted molar refractivity (Wildman–Crippen MR) is 81.0 cm³/mol. The standard InChI is InChI=1S/C16H14N4O/c21-16(14-4-6-19-15-13(14)3-5-18-15)20-12-2-1-10-8-17-9-11(10)7-12/h1-7,17H,8-9H2,(H,18,19)(H,20,21). The molecule has 5 heteroatoms. The van der Waals surface area contributed by atoms with Crippen molar-refractivity contribution in [3.8, 4) is 0 Å². The van der Waals surface area contributed by atoms with E-state index < -0.39 is 0 Å². The van der Waals surface area contributed by atoms with Gasteiger partial charge in [-0.15, -0.1) is 0 Å². The van der Waals surface area contributed by atoms with Crippen LogP contribution in [0.4, 0.5) is 5.69 Å². The van der Waals surface area contributed by atoms with Gasteiger partial charge in [0.25, 0.3) is 5.91 Å². The van der Waals surface area contributed by atoms with Crippen LogP contribution in [0, 0.1) is 0 Å². The van der Waals surface area contributed by atoms with Gasteiger partial charge in [0.2, 0.25) is 0 Å². The SMILES string of the molecule is O=C(Nc1ccc2c(c1)CNC2)c1ccnc2[nH]ccc12. The lowest BCUT2D eigenvalue weighted by Gasteiger charge is -2.08. The molecule has 0 spiro atoms. The number of rotatable bonds is 2. The number of hydrogen-bond donors (Lipinski definition) is 3. The van der Waals surface area contributed by atoms with Crippen molar-refractivity contribution in [1.82, 2.24) is 15.3 Å². The fourth-order valence-corrected chi connectivity index (χ4v) is 2.73. The average Bonchev–Trinajstić information content (AvgIpc) is 3.14. The van der Waals surface area contributed by atoms with Crippen molar-refractivity contribution in [2.45, 2.75) is 13.1 Å². The molecular formula is C16H14N4O. The van der Waals surface area contributed by atoms with Crippen molar-refractivity contribution in [1.29, 1.82) is 0 Å². The second kappa shape index (κ2) is 4.71. The molecule has 3 aromatic rings. The molecule has 0 atom stereocenters. The first-order valence-corrected chi connectivity index (χ1v) is 6.87. The van der Waals surface area contributed by atoms with Crippen LogP contribution in [0.25, 0.3) is 11.0 Å². The Kier molecular flexibility index (Phi) is 2.72. The molecule has 0 fully saturated rings. The van der Waals surface area contributed by atoms with Gasteiger partial charge in [-0.25, -0.2) is 4.98 Å². The molecule has 0 saturated carbocycles. The lowest BCUT2D eigenvalue weighted by atomic mass is 10.1. The van der Waals surface area contributed by atoms with Crippen molar-refractivity contribution in [2.75, 3.05) is 5.32 Å². The fourth-order valence-electron chi connectivity index (χ4n) is 2.73. The quantitative estimate of drug-likeness (QED) is 0.674. The first-order valence-electron chi connectivity index (χ1n) is 6.87. The van der Waals surface area contributed by atoms with Crippen molar-refractivity contribution in [3.63, 3.8) is 0 Å². The van der Waals surface area contributed by atoms with Gasteiger partial charge in [-0.3, -0.25) is 4.79 Å². The average molecular weight is 278 g/mol. The van der Waals surface area contributed by atoms with Crippen molar-refractivity contribution in [3.05, 3.63) is 59.4 Å². The molecule has 3 N–H and O–H groups in total. The van der Waals surface area contributed by atoms with Gasteiger partial charge in [-0.1, -0.05) is 6.07 Å². The number of aromatic amines is 1. The Morgan fingerprint density at radius 3 is 3.00 bits per heavy atom. The van der Waals surface area contributed by atoms with Crippen LogP contribution in [0.15, 0.2) is 42.7 Å². The summed E-state index contributed by atoms with van der Waals surface area (Å²) in [6, 6.07) is 9.63.